The number of amides is 1. The normalized spacial score (nSPS) is 16.0. The van der Waals surface area contributed by atoms with Crippen molar-refractivity contribution < 1.29 is 4.79 Å². The molecule has 1 amide bonds. The van der Waals surface area contributed by atoms with Crippen LogP contribution in [0.1, 0.15) is 28.1 Å². The zero-order valence-corrected chi connectivity index (χ0v) is 13.6. The van der Waals surface area contributed by atoms with Crippen molar-refractivity contribution in [2.45, 2.75) is 19.9 Å². The Morgan fingerprint density at radius 3 is 2.73 bits per heavy atom. The first-order chi connectivity index (χ1) is 10.8. The van der Waals surface area contributed by atoms with Crippen LogP contribution in [0.3, 0.4) is 0 Å². The minimum absolute atomic E-state index is 0.0298. The molecule has 0 saturated carbocycles. The Balaban J connectivity index is 1.53. The largest absolute Gasteiger partial charge is 0.335 e. The first kappa shape index (κ1) is 15.1. The van der Waals surface area contributed by atoms with E-state index in [1.807, 2.05) is 17.0 Å². The van der Waals surface area contributed by atoms with Gasteiger partial charge in [0.25, 0.3) is 5.91 Å². The van der Waals surface area contributed by atoms with Crippen LogP contribution in [0.25, 0.3) is 0 Å². The number of hydrogen-bond donors (Lipinski definition) is 0. The summed E-state index contributed by atoms with van der Waals surface area (Å²) in [6.45, 7) is 6.28. The standard InChI is InChI=1S/C16H20N4OS/c1-2-15-18-13(12-22-15)11-19-7-9-20(10-8-19)16(21)14-5-3-4-6-17-14/h3-6,12H,2,7-11H2,1H3. The van der Waals surface area contributed by atoms with Crippen LogP contribution in [0, 0.1) is 0 Å². The summed E-state index contributed by atoms with van der Waals surface area (Å²) in [7, 11) is 0. The lowest BCUT2D eigenvalue weighted by molar-refractivity contribution is 0.0621. The van der Waals surface area contributed by atoms with Gasteiger partial charge in [-0.05, 0) is 18.6 Å². The molecule has 2 aromatic rings. The van der Waals surface area contributed by atoms with E-state index >= 15 is 0 Å². The van der Waals surface area contributed by atoms with Crippen LogP contribution in [0.2, 0.25) is 0 Å². The van der Waals surface area contributed by atoms with Crippen LogP contribution in [-0.4, -0.2) is 51.9 Å². The second-order valence-corrected chi connectivity index (χ2v) is 6.31. The fourth-order valence-electron chi connectivity index (χ4n) is 2.57. The van der Waals surface area contributed by atoms with Crippen molar-refractivity contribution in [1.82, 2.24) is 19.8 Å². The number of nitrogens with zero attached hydrogens (tertiary/aromatic N) is 4. The number of piperazine rings is 1. The Morgan fingerprint density at radius 2 is 2.09 bits per heavy atom. The minimum Gasteiger partial charge on any atom is -0.335 e. The van der Waals surface area contributed by atoms with Gasteiger partial charge in [0.2, 0.25) is 0 Å². The molecule has 6 heteroatoms. The van der Waals surface area contributed by atoms with Crippen LogP contribution in [0.4, 0.5) is 0 Å². The lowest BCUT2D eigenvalue weighted by Crippen LogP contribution is -2.48. The molecule has 0 atom stereocenters. The predicted octanol–water partition coefficient (Wildman–Crippen LogP) is 2.06. The Hall–Kier alpha value is -1.79. The maximum Gasteiger partial charge on any atom is 0.272 e. The fraction of sp³-hybridized carbons (Fsp3) is 0.438. The predicted molar refractivity (Wildman–Crippen MR) is 86.9 cm³/mol. The maximum atomic E-state index is 12.3. The highest BCUT2D eigenvalue weighted by molar-refractivity contribution is 7.09. The van der Waals surface area contributed by atoms with Crippen molar-refractivity contribution in [3.8, 4) is 0 Å². The van der Waals surface area contributed by atoms with Gasteiger partial charge in [0.1, 0.15) is 5.69 Å². The number of aryl methyl sites for hydroxylation is 1. The van der Waals surface area contributed by atoms with Gasteiger partial charge in [-0.1, -0.05) is 13.0 Å². The Morgan fingerprint density at radius 1 is 1.27 bits per heavy atom. The molecule has 3 rings (SSSR count). The molecule has 0 unspecified atom stereocenters. The van der Waals surface area contributed by atoms with Crippen LogP contribution in [0.5, 0.6) is 0 Å². The van der Waals surface area contributed by atoms with E-state index in [1.54, 1.807) is 23.6 Å². The highest BCUT2D eigenvalue weighted by Crippen LogP contribution is 2.14. The average Bonchev–Trinajstić information content (AvgIpc) is 3.03. The third kappa shape index (κ3) is 3.51. The topological polar surface area (TPSA) is 49.3 Å². The Bertz CT molecular complexity index is 620. The molecule has 0 radical (unpaired) electrons. The molecule has 0 N–H and O–H groups in total. The van der Waals surface area contributed by atoms with Gasteiger partial charge in [-0.2, -0.15) is 0 Å². The quantitative estimate of drug-likeness (QED) is 0.866. The zero-order valence-electron chi connectivity index (χ0n) is 12.7. The summed E-state index contributed by atoms with van der Waals surface area (Å²) in [4.78, 5) is 25.3. The first-order valence-electron chi connectivity index (χ1n) is 7.62. The molecule has 0 aromatic carbocycles. The molecule has 116 valence electrons. The summed E-state index contributed by atoms with van der Waals surface area (Å²) in [5, 5.41) is 3.34. The average molecular weight is 316 g/mol. The van der Waals surface area contributed by atoms with E-state index < -0.39 is 0 Å². The van der Waals surface area contributed by atoms with Gasteiger partial charge in [-0.15, -0.1) is 11.3 Å². The van der Waals surface area contributed by atoms with Crippen molar-refractivity contribution in [2.24, 2.45) is 0 Å². The number of carbonyl (C=O) groups excluding carboxylic acids is 1. The van der Waals surface area contributed by atoms with Crippen LogP contribution >= 0.6 is 11.3 Å². The maximum absolute atomic E-state index is 12.3. The summed E-state index contributed by atoms with van der Waals surface area (Å²) >= 11 is 1.73. The summed E-state index contributed by atoms with van der Waals surface area (Å²) in [5.41, 5.74) is 1.68. The van der Waals surface area contributed by atoms with E-state index in [9.17, 15) is 4.79 Å². The fourth-order valence-corrected chi connectivity index (χ4v) is 3.31. The number of carbonyl (C=O) groups is 1. The highest BCUT2D eigenvalue weighted by atomic mass is 32.1. The molecule has 5 nitrogen and oxygen atoms in total. The van der Waals surface area contributed by atoms with Gasteiger partial charge in [0.05, 0.1) is 10.7 Å². The summed E-state index contributed by atoms with van der Waals surface area (Å²) in [6.07, 6.45) is 2.66. The molecular weight excluding hydrogens is 296 g/mol. The number of thiazole rings is 1. The molecular formula is C16H20N4OS. The smallest absolute Gasteiger partial charge is 0.272 e. The summed E-state index contributed by atoms with van der Waals surface area (Å²) in [6, 6.07) is 5.45. The molecule has 0 spiro atoms. The van der Waals surface area contributed by atoms with Crippen molar-refractivity contribution in [3.05, 3.63) is 46.2 Å². The van der Waals surface area contributed by atoms with Crippen molar-refractivity contribution in [1.29, 1.82) is 0 Å². The first-order valence-corrected chi connectivity index (χ1v) is 8.50. The molecule has 2 aromatic heterocycles. The van der Waals surface area contributed by atoms with Crippen molar-refractivity contribution >= 4 is 17.2 Å². The lowest BCUT2D eigenvalue weighted by atomic mass is 10.2. The highest BCUT2D eigenvalue weighted by Gasteiger charge is 2.23. The van der Waals surface area contributed by atoms with Crippen LogP contribution in [0.15, 0.2) is 29.8 Å². The molecule has 0 bridgehead atoms. The van der Waals surface area contributed by atoms with E-state index in [4.69, 9.17) is 0 Å². The van der Waals surface area contributed by atoms with Crippen molar-refractivity contribution in [2.75, 3.05) is 26.2 Å². The monoisotopic (exact) mass is 316 g/mol. The third-order valence-corrected chi connectivity index (χ3v) is 4.87. The van der Waals surface area contributed by atoms with E-state index in [-0.39, 0.29) is 5.91 Å². The van der Waals surface area contributed by atoms with Gasteiger partial charge in [-0.25, -0.2) is 4.98 Å². The number of rotatable bonds is 4. The van der Waals surface area contributed by atoms with Gasteiger partial charge in [0.15, 0.2) is 0 Å². The molecule has 0 aliphatic carbocycles. The van der Waals surface area contributed by atoms with E-state index in [0.29, 0.717) is 5.69 Å². The minimum atomic E-state index is 0.0298. The second kappa shape index (κ2) is 6.98. The molecule has 1 saturated heterocycles. The molecule has 1 aliphatic rings. The third-order valence-electron chi connectivity index (χ3n) is 3.83. The van der Waals surface area contributed by atoms with E-state index in [1.165, 1.54) is 5.01 Å². The Kier molecular flexibility index (Phi) is 4.80. The number of pyridine rings is 1. The second-order valence-electron chi connectivity index (χ2n) is 5.37. The van der Waals surface area contributed by atoms with E-state index in [0.717, 1.165) is 44.8 Å². The molecule has 1 fully saturated rings. The summed E-state index contributed by atoms with van der Waals surface area (Å²) < 4.78 is 0. The van der Waals surface area contributed by atoms with Crippen LogP contribution in [-0.2, 0) is 13.0 Å². The number of hydrogen-bond acceptors (Lipinski definition) is 5. The van der Waals surface area contributed by atoms with Gasteiger partial charge >= 0.3 is 0 Å². The molecule has 1 aliphatic heterocycles. The zero-order chi connectivity index (χ0) is 15.4. The van der Waals surface area contributed by atoms with Gasteiger partial charge < -0.3 is 4.90 Å². The van der Waals surface area contributed by atoms with Gasteiger partial charge in [0, 0.05) is 44.3 Å². The lowest BCUT2D eigenvalue weighted by Gasteiger charge is -2.34. The SMILES string of the molecule is CCc1nc(CN2CCN(C(=O)c3ccccn3)CC2)cs1. The van der Waals surface area contributed by atoms with E-state index in [2.05, 4.69) is 27.2 Å². The van der Waals surface area contributed by atoms with Crippen molar-refractivity contribution in [3.63, 3.8) is 0 Å². The molecule has 3 heterocycles. The summed E-state index contributed by atoms with van der Waals surface area (Å²) in [5.74, 6) is 0.0298. The van der Waals surface area contributed by atoms with Gasteiger partial charge in [-0.3, -0.25) is 14.7 Å². The number of aromatic nitrogens is 2. The Labute approximate surface area is 134 Å². The molecule has 22 heavy (non-hydrogen) atoms. The van der Waals surface area contributed by atoms with Crippen LogP contribution < -0.4 is 0 Å².